The molecular formula is C11H15N5O3. The van der Waals surface area contributed by atoms with E-state index in [2.05, 4.69) is 10.1 Å². The van der Waals surface area contributed by atoms with Gasteiger partial charge in [0.1, 0.15) is 5.52 Å². The lowest BCUT2D eigenvalue weighted by Crippen LogP contribution is -2.34. The number of fused-ring (bicyclic) bond motifs is 1. The molecule has 0 unspecified atom stereocenters. The fourth-order valence-corrected chi connectivity index (χ4v) is 1.86. The standard InChI is InChI=1S/C11H15N5O3/c12-11-13-9-7-8(15(3-5-17)4-6-18)1-2-10(9)16(19)14-11/h1-2,7,17-18H,3-6H2,(H2,12,13,14). The Hall–Kier alpha value is -2.19. The van der Waals surface area contributed by atoms with Gasteiger partial charge < -0.3 is 26.1 Å². The van der Waals surface area contributed by atoms with Gasteiger partial charge in [0.05, 0.1) is 18.3 Å². The van der Waals surface area contributed by atoms with Gasteiger partial charge in [-0.15, -0.1) is 0 Å². The summed E-state index contributed by atoms with van der Waals surface area (Å²) in [7, 11) is 0. The van der Waals surface area contributed by atoms with Crippen LogP contribution < -0.4 is 15.5 Å². The smallest absolute Gasteiger partial charge is 0.288 e. The van der Waals surface area contributed by atoms with Crippen LogP contribution in [0.4, 0.5) is 11.6 Å². The number of aliphatic hydroxyl groups excluding tert-OH is 2. The first-order chi connectivity index (χ1) is 9.15. The third kappa shape index (κ3) is 2.80. The molecule has 1 heterocycles. The number of benzene rings is 1. The fourth-order valence-electron chi connectivity index (χ4n) is 1.86. The van der Waals surface area contributed by atoms with E-state index in [-0.39, 0.29) is 19.2 Å². The lowest BCUT2D eigenvalue weighted by Gasteiger charge is -2.22. The van der Waals surface area contributed by atoms with Crippen molar-refractivity contribution in [3.8, 4) is 0 Å². The van der Waals surface area contributed by atoms with Gasteiger partial charge in [0.25, 0.3) is 11.5 Å². The molecule has 0 saturated carbocycles. The van der Waals surface area contributed by atoms with Crippen molar-refractivity contribution in [2.75, 3.05) is 36.9 Å². The zero-order valence-corrected chi connectivity index (χ0v) is 10.2. The van der Waals surface area contributed by atoms with Gasteiger partial charge in [0, 0.05) is 24.8 Å². The van der Waals surface area contributed by atoms with Crippen molar-refractivity contribution in [2.24, 2.45) is 0 Å². The Morgan fingerprint density at radius 1 is 1.26 bits per heavy atom. The van der Waals surface area contributed by atoms with Crippen molar-refractivity contribution in [3.05, 3.63) is 23.4 Å². The van der Waals surface area contributed by atoms with Gasteiger partial charge in [-0.1, -0.05) is 0 Å². The summed E-state index contributed by atoms with van der Waals surface area (Å²) in [6, 6.07) is 4.97. The summed E-state index contributed by atoms with van der Waals surface area (Å²) in [5, 5.41) is 33.0. The number of nitrogens with zero attached hydrogens (tertiary/aromatic N) is 4. The summed E-state index contributed by atoms with van der Waals surface area (Å²) in [5.41, 5.74) is 6.90. The molecule has 4 N–H and O–H groups in total. The molecule has 8 nitrogen and oxygen atoms in total. The Balaban J connectivity index is 2.44. The summed E-state index contributed by atoms with van der Waals surface area (Å²) in [4.78, 5) is 6.20. The SMILES string of the molecule is Nc1nc2cc(N(CCO)CCO)ccc2[n+]([O-])n1. The lowest BCUT2D eigenvalue weighted by molar-refractivity contribution is -0.641. The van der Waals surface area contributed by atoms with E-state index in [9.17, 15) is 5.21 Å². The van der Waals surface area contributed by atoms with Gasteiger partial charge in [0.15, 0.2) is 0 Å². The molecule has 0 amide bonds. The second-order valence-corrected chi connectivity index (χ2v) is 3.95. The van der Waals surface area contributed by atoms with E-state index in [1.54, 1.807) is 23.1 Å². The van der Waals surface area contributed by atoms with Crippen LogP contribution in [-0.2, 0) is 0 Å². The molecule has 0 saturated heterocycles. The highest BCUT2D eigenvalue weighted by molar-refractivity contribution is 5.76. The van der Waals surface area contributed by atoms with Crippen molar-refractivity contribution in [1.82, 2.24) is 10.1 Å². The Morgan fingerprint density at radius 2 is 1.95 bits per heavy atom. The summed E-state index contributed by atoms with van der Waals surface area (Å²) in [5.74, 6) is -0.101. The van der Waals surface area contributed by atoms with Gasteiger partial charge in [-0.2, -0.15) is 0 Å². The molecule has 2 rings (SSSR count). The second-order valence-electron chi connectivity index (χ2n) is 3.95. The lowest BCUT2D eigenvalue weighted by atomic mass is 10.2. The predicted molar refractivity (Wildman–Crippen MR) is 69.3 cm³/mol. The molecule has 0 aliphatic carbocycles. The number of aromatic nitrogens is 3. The Kier molecular flexibility index (Phi) is 3.93. The van der Waals surface area contributed by atoms with Crippen LogP contribution in [0.15, 0.2) is 18.2 Å². The van der Waals surface area contributed by atoms with Gasteiger partial charge >= 0.3 is 0 Å². The zero-order valence-electron chi connectivity index (χ0n) is 10.2. The predicted octanol–water partition coefficient (Wildman–Crippen LogP) is -1.36. The summed E-state index contributed by atoms with van der Waals surface area (Å²) in [6.45, 7) is 0.686. The van der Waals surface area contributed by atoms with E-state index >= 15 is 0 Å². The minimum atomic E-state index is -0.101. The number of aliphatic hydroxyl groups is 2. The van der Waals surface area contributed by atoms with Gasteiger partial charge in [-0.25, -0.2) is 4.98 Å². The van der Waals surface area contributed by atoms with Gasteiger partial charge in [-0.3, -0.25) is 0 Å². The van der Waals surface area contributed by atoms with Gasteiger partial charge in [0.2, 0.25) is 0 Å². The molecule has 0 radical (unpaired) electrons. The number of hydrogen-bond donors (Lipinski definition) is 3. The largest absolute Gasteiger partial charge is 0.594 e. The van der Waals surface area contributed by atoms with Crippen LogP contribution in [0.3, 0.4) is 0 Å². The summed E-state index contributed by atoms with van der Waals surface area (Å²) < 4.78 is 0. The maximum Gasteiger partial charge on any atom is 0.288 e. The van der Waals surface area contributed by atoms with E-state index in [0.29, 0.717) is 29.0 Å². The van der Waals surface area contributed by atoms with Crippen molar-refractivity contribution in [2.45, 2.75) is 0 Å². The zero-order chi connectivity index (χ0) is 13.8. The molecular weight excluding hydrogens is 250 g/mol. The molecule has 0 spiro atoms. The molecule has 1 aromatic carbocycles. The van der Waals surface area contributed by atoms with E-state index in [0.717, 1.165) is 5.69 Å². The monoisotopic (exact) mass is 265 g/mol. The second kappa shape index (κ2) is 5.63. The summed E-state index contributed by atoms with van der Waals surface area (Å²) >= 11 is 0. The molecule has 1 aromatic heterocycles. The molecule has 8 heteroatoms. The molecule has 0 fully saturated rings. The number of anilines is 2. The highest BCUT2D eigenvalue weighted by Crippen LogP contribution is 2.18. The third-order valence-electron chi connectivity index (χ3n) is 2.70. The first kappa shape index (κ1) is 13.2. The molecule has 0 atom stereocenters. The minimum Gasteiger partial charge on any atom is -0.594 e. The van der Waals surface area contributed by atoms with Crippen molar-refractivity contribution in [3.63, 3.8) is 0 Å². The number of nitrogens with two attached hydrogens (primary N) is 1. The average molecular weight is 265 g/mol. The molecule has 0 aliphatic heterocycles. The van der Waals surface area contributed by atoms with Crippen LogP contribution in [0.2, 0.25) is 0 Å². The van der Waals surface area contributed by atoms with Crippen LogP contribution in [0, 0.1) is 5.21 Å². The molecule has 2 aromatic rings. The van der Waals surface area contributed by atoms with Crippen LogP contribution in [0.25, 0.3) is 11.0 Å². The Labute approximate surface area is 109 Å². The third-order valence-corrected chi connectivity index (χ3v) is 2.70. The summed E-state index contributed by atoms with van der Waals surface area (Å²) in [6.07, 6.45) is 0. The van der Waals surface area contributed by atoms with E-state index in [1.807, 2.05) is 0 Å². The first-order valence-electron chi connectivity index (χ1n) is 5.79. The van der Waals surface area contributed by atoms with E-state index in [4.69, 9.17) is 15.9 Å². The molecule has 0 bridgehead atoms. The minimum absolute atomic E-state index is 0.0362. The Bertz CT molecular complexity index is 572. The highest BCUT2D eigenvalue weighted by atomic mass is 16.5. The Morgan fingerprint density at radius 3 is 2.58 bits per heavy atom. The molecule has 102 valence electrons. The first-order valence-corrected chi connectivity index (χ1v) is 5.79. The van der Waals surface area contributed by atoms with Gasteiger partial charge in [-0.05, 0) is 17.0 Å². The van der Waals surface area contributed by atoms with E-state index < -0.39 is 0 Å². The highest BCUT2D eigenvalue weighted by Gasteiger charge is 2.12. The van der Waals surface area contributed by atoms with Crippen LogP contribution in [0.1, 0.15) is 0 Å². The molecule has 19 heavy (non-hydrogen) atoms. The van der Waals surface area contributed by atoms with Crippen LogP contribution in [0.5, 0.6) is 0 Å². The van der Waals surface area contributed by atoms with Crippen LogP contribution in [-0.4, -0.2) is 46.6 Å². The number of rotatable bonds is 5. The van der Waals surface area contributed by atoms with E-state index in [1.165, 1.54) is 0 Å². The van der Waals surface area contributed by atoms with Crippen LogP contribution >= 0.6 is 0 Å². The quantitative estimate of drug-likeness (QED) is 0.450. The van der Waals surface area contributed by atoms with Crippen molar-refractivity contribution >= 4 is 22.7 Å². The number of hydrogen-bond acceptors (Lipinski definition) is 7. The average Bonchev–Trinajstić information content (AvgIpc) is 2.37. The maximum atomic E-state index is 11.5. The normalized spacial score (nSPS) is 10.8. The van der Waals surface area contributed by atoms with Crippen molar-refractivity contribution in [1.29, 1.82) is 0 Å². The number of nitrogen functional groups attached to an aromatic ring is 1. The molecule has 0 aliphatic rings. The van der Waals surface area contributed by atoms with Crippen molar-refractivity contribution < 1.29 is 15.1 Å². The fraction of sp³-hybridized carbons (Fsp3) is 0.364. The topological polar surface area (TPSA) is 122 Å². The maximum absolute atomic E-state index is 11.5.